The second-order valence-corrected chi connectivity index (χ2v) is 9.34. The molecular weight excluding hydrogens is 356 g/mol. The Morgan fingerprint density at radius 1 is 0.966 bits per heavy atom. The predicted octanol–water partition coefficient (Wildman–Crippen LogP) is 5.16. The summed E-state index contributed by atoms with van der Waals surface area (Å²) in [7, 11) is 0. The quantitative estimate of drug-likeness (QED) is 0.674. The highest BCUT2D eigenvalue weighted by Gasteiger charge is 2.41. The molecule has 0 spiro atoms. The van der Waals surface area contributed by atoms with E-state index in [0.717, 1.165) is 35.3 Å². The van der Waals surface area contributed by atoms with Gasteiger partial charge in [0.25, 0.3) is 0 Å². The Balaban J connectivity index is 1.26. The van der Waals surface area contributed by atoms with E-state index in [2.05, 4.69) is 58.8 Å². The number of nitrogens with one attached hydrogen (secondary N) is 1. The van der Waals surface area contributed by atoms with Crippen LogP contribution in [0, 0.1) is 23.7 Å². The monoisotopic (exact) mass is 384 g/mol. The molecule has 0 radical (unpaired) electrons. The van der Waals surface area contributed by atoms with Gasteiger partial charge in [0, 0.05) is 23.7 Å². The highest BCUT2D eigenvalue weighted by molar-refractivity contribution is 5.82. The first-order valence-electron chi connectivity index (χ1n) is 11.1. The zero-order valence-electron chi connectivity index (χ0n) is 16.8. The first-order chi connectivity index (χ1) is 14.3. The third-order valence-corrected chi connectivity index (χ3v) is 7.53. The van der Waals surface area contributed by atoms with Crippen LogP contribution in [0.4, 0.5) is 0 Å². The molecule has 1 saturated carbocycles. The van der Waals surface area contributed by atoms with Crippen molar-refractivity contribution in [3.05, 3.63) is 72.1 Å². The lowest BCUT2D eigenvalue weighted by molar-refractivity contribution is 0.131. The molecule has 0 amide bonds. The summed E-state index contributed by atoms with van der Waals surface area (Å²) < 4.78 is 6.69. The molecule has 29 heavy (non-hydrogen) atoms. The third kappa shape index (κ3) is 3.22. The molecule has 0 bridgehead atoms. The van der Waals surface area contributed by atoms with Crippen molar-refractivity contribution in [1.82, 2.24) is 10.3 Å². The van der Waals surface area contributed by atoms with Crippen LogP contribution >= 0.6 is 0 Å². The van der Waals surface area contributed by atoms with Gasteiger partial charge in [-0.15, -0.1) is 0 Å². The molecule has 3 aliphatic rings. The average Bonchev–Trinajstić information content (AvgIpc) is 3.42. The fourth-order valence-electron chi connectivity index (χ4n) is 6.20. The van der Waals surface area contributed by atoms with Crippen molar-refractivity contribution in [3.63, 3.8) is 0 Å². The number of fused-ring (bicyclic) bond motifs is 3. The van der Waals surface area contributed by atoms with Crippen molar-refractivity contribution in [3.8, 4) is 5.75 Å². The smallest absolute Gasteiger partial charge is 0.127 e. The van der Waals surface area contributed by atoms with Crippen LogP contribution in [0.2, 0.25) is 0 Å². The van der Waals surface area contributed by atoms with Crippen LogP contribution in [0.3, 0.4) is 0 Å². The topological polar surface area (TPSA) is 34.1 Å². The fourth-order valence-corrected chi connectivity index (χ4v) is 6.20. The summed E-state index contributed by atoms with van der Waals surface area (Å²) in [5.74, 6) is 4.23. The molecular formula is C26H28N2O. The minimum Gasteiger partial charge on any atom is -0.485 e. The number of benzene rings is 2. The Hall–Kier alpha value is -2.39. The lowest BCUT2D eigenvalue weighted by Gasteiger charge is -2.25. The van der Waals surface area contributed by atoms with Crippen LogP contribution < -0.4 is 10.1 Å². The normalized spacial score (nSPS) is 30.4. The van der Waals surface area contributed by atoms with Gasteiger partial charge in [0.2, 0.25) is 0 Å². The highest BCUT2D eigenvalue weighted by Crippen LogP contribution is 2.47. The van der Waals surface area contributed by atoms with Crippen LogP contribution in [0.25, 0.3) is 10.8 Å². The van der Waals surface area contributed by atoms with Gasteiger partial charge in [0.1, 0.15) is 11.9 Å². The minimum absolute atomic E-state index is 0.166. The molecule has 2 aromatic carbocycles. The number of pyridine rings is 1. The van der Waals surface area contributed by atoms with Crippen LogP contribution in [0.5, 0.6) is 5.75 Å². The first kappa shape index (κ1) is 17.5. The minimum atomic E-state index is 0.166. The van der Waals surface area contributed by atoms with Crippen LogP contribution in [0.15, 0.2) is 60.9 Å². The van der Waals surface area contributed by atoms with Gasteiger partial charge in [-0.2, -0.15) is 0 Å². The molecule has 2 aliphatic carbocycles. The Labute approximate surface area is 172 Å². The van der Waals surface area contributed by atoms with E-state index in [9.17, 15) is 0 Å². The lowest BCUT2D eigenvalue weighted by Crippen LogP contribution is -2.19. The van der Waals surface area contributed by atoms with Crippen molar-refractivity contribution in [2.75, 3.05) is 13.1 Å². The lowest BCUT2D eigenvalue weighted by atomic mass is 9.88. The van der Waals surface area contributed by atoms with E-state index in [-0.39, 0.29) is 6.10 Å². The Bertz CT molecular complexity index is 1020. The maximum Gasteiger partial charge on any atom is 0.127 e. The first-order valence-corrected chi connectivity index (χ1v) is 11.1. The number of hydrogen-bond acceptors (Lipinski definition) is 3. The third-order valence-electron chi connectivity index (χ3n) is 7.53. The molecule has 3 nitrogen and oxygen atoms in total. The molecule has 148 valence electrons. The average molecular weight is 385 g/mol. The van der Waals surface area contributed by atoms with Gasteiger partial charge in [-0.3, -0.25) is 4.98 Å². The predicted molar refractivity (Wildman–Crippen MR) is 116 cm³/mol. The summed E-state index contributed by atoms with van der Waals surface area (Å²) in [6.45, 7) is 2.47. The van der Waals surface area contributed by atoms with Gasteiger partial charge in [-0.1, -0.05) is 30.3 Å². The van der Waals surface area contributed by atoms with E-state index in [0.29, 0.717) is 5.92 Å². The number of aromatic nitrogens is 1. The van der Waals surface area contributed by atoms with Gasteiger partial charge >= 0.3 is 0 Å². The van der Waals surface area contributed by atoms with Gasteiger partial charge in [-0.25, -0.2) is 0 Å². The molecule has 1 aromatic heterocycles. The van der Waals surface area contributed by atoms with Crippen LogP contribution in [-0.4, -0.2) is 18.1 Å². The zero-order chi connectivity index (χ0) is 19.2. The highest BCUT2D eigenvalue weighted by atomic mass is 16.5. The van der Waals surface area contributed by atoms with Crippen LogP contribution in [0.1, 0.15) is 36.5 Å². The van der Waals surface area contributed by atoms with Crippen molar-refractivity contribution in [1.29, 1.82) is 0 Å². The van der Waals surface area contributed by atoms with Crippen molar-refractivity contribution in [2.45, 2.75) is 31.8 Å². The largest absolute Gasteiger partial charge is 0.485 e. The van der Waals surface area contributed by atoms with E-state index < -0.39 is 0 Å². The number of nitrogens with zero attached hydrogens (tertiary/aromatic N) is 1. The molecule has 2 heterocycles. The number of ether oxygens (including phenoxy) is 1. The zero-order valence-corrected chi connectivity index (χ0v) is 16.8. The van der Waals surface area contributed by atoms with Gasteiger partial charge in [-0.05, 0) is 91.2 Å². The number of hydrogen-bond donors (Lipinski definition) is 1. The van der Waals surface area contributed by atoms with Gasteiger partial charge < -0.3 is 10.1 Å². The molecule has 1 aliphatic heterocycles. The maximum atomic E-state index is 6.69. The summed E-state index contributed by atoms with van der Waals surface area (Å²) in [6, 6.07) is 17.4. The summed E-state index contributed by atoms with van der Waals surface area (Å²) >= 11 is 0. The Kier molecular flexibility index (Phi) is 4.30. The van der Waals surface area contributed by atoms with Crippen molar-refractivity contribution in [2.24, 2.45) is 23.7 Å². The summed E-state index contributed by atoms with van der Waals surface area (Å²) in [6.07, 6.45) is 9.18. The van der Waals surface area contributed by atoms with Gasteiger partial charge in [0.05, 0.1) is 0 Å². The van der Waals surface area contributed by atoms with E-state index in [1.807, 2.05) is 12.4 Å². The Morgan fingerprint density at radius 3 is 2.72 bits per heavy atom. The van der Waals surface area contributed by atoms with Crippen LogP contribution in [-0.2, 0) is 6.42 Å². The molecule has 1 saturated heterocycles. The summed E-state index contributed by atoms with van der Waals surface area (Å²) in [4.78, 5) is 4.27. The summed E-state index contributed by atoms with van der Waals surface area (Å²) in [5.41, 5.74) is 2.87. The molecule has 3 heteroatoms. The molecule has 6 rings (SSSR count). The van der Waals surface area contributed by atoms with Gasteiger partial charge in [0.15, 0.2) is 0 Å². The maximum absolute atomic E-state index is 6.69. The van der Waals surface area contributed by atoms with E-state index in [4.69, 9.17) is 4.74 Å². The van der Waals surface area contributed by atoms with E-state index in [1.165, 1.54) is 48.9 Å². The SMILES string of the molecule is c1ccc2c(c1)C[C@@H](CC1C[C@H]3CNC[C@H]3C1)[C@@H]2Oc1ccc2ccncc2c1. The van der Waals surface area contributed by atoms with E-state index in [1.54, 1.807) is 0 Å². The van der Waals surface area contributed by atoms with Crippen molar-refractivity contribution < 1.29 is 4.74 Å². The molecule has 3 aromatic rings. The molecule has 1 unspecified atom stereocenters. The van der Waals surface area contributed by atoms with E-state index >= 15 is 0 Å². The number of rotatable bonds is 4. The standard InChI is InChI=1S/C26H28N2O/c1-2-4-25-19(3-1)12-20(9-17-10-21-15-28-16-22(21)11-17)26(25)29-24-6-5-18-7-8-27-14-23(18)13-24/h1-8,13-14,17,20-22,26,28H,9-12,15-16H2/t17?,20-,21-,22+,26+/m1/s1. The van der Waals surface area contributed by atoms with Crippen molar-refractivity contribution >= 4 is 10.8 Å². The molecule has 2 fully saturated rings. The fraction of sp³-hybridized carbons (Fsp3) is 0.423. The molecule has 5 atom stereocenters. The molecule has 1 N–H and O–H groups in total. The second kappa shape index (κ2) is 7.14. The Morgan fingerprint density at radius 2 is 1.83 bits per heavy atom. The summed E-state index contributed by atoms with van der Waals surface area (Å²) in [5, 5.41) is 5.93. The second-order valence-electron chi connectivity index (χ2n) is 9.34.